The van der Waals surface area contributed by atoms with Gasteiger partial charge in [0.05, 0.1) is 0 Å². The monoisotopic (exact) mass is 890 g/mol. The molecule has 0 fully saturated rings. The van der Waals surface area contributed by atoms with E-state index in [1.807, 2.05) is 0 Å². The van der Waals surface area contributed by atoms with E-state index in [2.05, 4.69) is 278 Å². The van der Waals surface area contributed by atoms with Crippen molar-refractivity contribution in [1.29, 1.82) is 0 Å². The molecule has 0 N–H and O–H groups in total. The first-order valence-electron chi connectivity index (χ1n) is 24.7. The maximum absolute atomic E-state index is 2.44. The van der Waals surface area contributed by atoms with Crippen LogP contribution in [-0.4, -0.2) is 0 Å². The molecule has 0 radical (unpaired) electrons. The zero-order valence-electron chi connectivity index (χ0n) is 43.2. The Morgan fingerprint density at radius 1 is 0.279 bits per heavy atom. The summed E-state index contributed by atoms with van der Waals surface area (Å²) < 4.78 is 0. The smallest absolute Gasteiger partial charge is 0.0467 e. The molecular formula is C67H71N. The lowest BCUT2D eigenvalue weighted by Gasteiger charge is -2.28. The average Bonchev–Trinajstić information content (AvgIpc) is 3.53. The second-order valence-corrected chi connectivity index (χ2v) is 24.1. The van der Waals surface area contributed by atoms with Crippen molar-refractivity contribution >= 4 is 17.1 Å². The third kappa shape index (κ3) is 9.13. The normalized spacial score (nSPS) is 13.6. The summed E-state index contributed by atoms with van der Waals surface area (Å²) in [5.41, 5.74) is 24.0. The van der Waals surface area contributed by atoms with E-state index in [1.165, 1.54) is 89.0 Å². The second-order valence-electron chi connectivity index (χ2n) is 24.1. The highest BCUT2D eigenvalue weighted by molar-refractivity contribution is 5.87. The van der Waals surface area contributed by atoms with Crippen LogP contribution in [0.1, 0.15) is 130 Å². The highest BCUT2D eigenvalue weighted by atomic mass is 15.1. The molecule has 0 spiro atoms. The van der Waals surface area contributed by atoms with Crippen LogP contribution in [0.4, 0.5) is 17.1 Å². The molecule has 0 amide bonds. The van der Waals surface area contributed by atoms with Crippen molar-refractivity contribution in [3.63, 3.8) is 0 Å². The minimum Gasteiger partial charge on any atom is -0.310 e. The van der Waals surface area contributed by atoms with Crippen LogP contribution in [0.5, 0.6) is 0 Å². The van der Waals surface area contributed by atoms with Crippen LogP contribution in [-0.2, 0) is 27.1 Å². The van der Waals surface area contributed by atoms with Gasteiger partial charge in [-0.3, -0.25) is 0 Å². The molecule has 1 heteroatoms. The molecule has 0 saturated heterocycles. The quantitative estimate of drug-likeness (QED) is 0.154. The molecule has 0 heterocycles. The van der Waals surface area contributed by atoms with Crippen molar-refractivity contribution in [2.45, 2.75) is 124 Å². The van der Waals surface area contributed by atoms with Crippen LogP contribution >= 0.6 is 0 Å². The molecule has 8 aromatic carbocycles. The predicted octanol–water partition coefficient (Wildman–Crippen LogP) is 19.3. The van der Waals surface area contributed by atoms with Gasteiger partial charge in [-0.15, -0.1) is 0 Å². The second kappa shape index (κ2) is 17.0. The Hall–Kier alpha value is -6.44. The molecule has 344 valence electrons. The molecule has 68 heavy (non-hydrogen) atoms. The molecule has 0 aliphatic heterocycles. The Morgan fingerprint density at radius 2 is 0.691 bits per heavy atom. The van der Waals surface area contributed by atoms with E-state index in [9.17, 15) is 0 Å². The van der Waals surface area contributed by atoms with Gasteiger partial charge in [-0.2, -0.15) is 0 Å². The Bertz CT molecular complexity index is 3130. The van der Waals surface area contributed by atoms with Crippen molar-refractivity contribution in [3.8, 4) is 55.6 Å². The van der Waals surface area contributed by atoms with Crippen LogP contribution in [0.15, 0.2) is 176 Å². The molecule has 0 aromatic heterocycles. The highest BCUT2D eigenvalue weighted by Crippen LogP contribution is 2.51. The van der Waals surface area contributed by atoms with Gasteiger partial charge in [0, 0.05) is 22.5 Å². The van der Waals surface area contributed by atoms with E-state index in [1.54, 1.807) is 0 Å². The fourth-order valence-electron chi connectivity index (χ4n) is 10.0. The molecule has 1 aliphatic carbocycles. The van der Waals surface area contributed by atoms with E-state index in [0.717, 1.165) is 17.1 Å². The first kappa shape index (κ1) is 46.7. The molecule has 0 bridgehead atoms. The summed E-state index contributed by atoms with van der Waals surface area (Å²) in [4.78, 5) is 2.44. The largest absolute Gasteiger partial charge is 0.310 e. The minimum absolute atomic E-state index is 0.0289. The van der Waals surface area contributed by atoms with Crippen molar-refractivity contribution in [2.24, 2.45) is 0 Å². The Morgan fingerprint density at radius 3 is 1.29 bits per heavy atom. The van der Waals surface area contributed by atoms with E-state index in [-0.39, 0.29) is 27.1 Å². The van der Waals surface area contributed by atoms with E-state index in [4.69, 9.17) is 0 Å². The number of benzene rings is 8. The first-order chi connectivity index (χ1) is 31.9. The molecule has 1 aliphatic rings. The van der Waals surface area contributed by atoms with E-state index < -0.39 is 0 Å². The zero-order chi connectivity index (χ0) is 48.6. The number of nitrogens with zero attached hydrogens (tertiary/aromatic N) is 1. The number of fused-ring (bicyclic) bond motifs is 3. The third-order valence-electron chi connectivity index (χ3n) is 14.4. The minimum atomic E-state index is -0.119. The summed E-state index contributed by atoms with van der Waals surface area (Å²) in [5.74, 6) is 0. The fraction of sp³-hybridized carbons (Fsp3) is 0.284. The first-order valence-corrected chi connectivity index (χ1v) is 24.7. The topological polar surface area (TPSA) is 3.24 Å². The van der Waals surface area contributed by atoms with E-state index in [0.29, 0.717) is 0 Å². The van der Waals surface area contributed by atoms with Crippen molar-refractivity contribution in [1.82, 2.24) is 0 Å². The van der Waals surface area contributed by atoms with Gasteiger partial charge in [0.1, 0.15) is 0 Å². The Kier molecular flexibility index (Phi) is 11.6. The lowest BCUT2D eigenvalue weighted by atomic mass is 9.78. The van der Waals surface area contributed by atoms with Crippen molar-refractivity contribution < 1.29 is 0 Å². The molecule has 0 atom stereocenters. The van der Waals surface area contributed by atoms with Gasteiger partial charge in [0.2, 0.25) is 0 Å². The Balaban J connectivity index is 1.15. The average molecular weight is 890 g/mol. The molecule has 9 rings (SSSR count). The van der Waals surface area contributed by atoms with Gasteiger partial charge in [0.25, 0.3) is 0 Å². The molecule has 1 nitrogen and oxygen atoms in total. The van der Waals surface area contributed by atoms with E-state index >= 15 is 0 Å². The van der Waals surface area contributed by atoms with Gasteiger partial charge in [-0.1, -0.05) is 224 Å². The summed E-state index contributed by atoms with van der Waals surface area (Å²) in [5, 5.41) is 0. The lowest BCUT2D eigenvalue weighted by Crippen LogP contribution is -2.16. The Labute approximate surface area is 409 Å². The molecular weight excluding hydrogens is 819 g/mol. The van der Waals surface area contributed by atoms with Gasteiger partial charge in [-0.25, -0.2) is 0 Å². The van der Waals surface area contributed by atoms with Crippen molar-refractivity contribution in [3.05, 3.63) is 209 Å². The van der Waals surface area contributed by atoms with Crippen LogP contribution in [0, 0.1) is 0 Å². The maximum atomic E-state index is 2.44. The summed E-state index contributed by atoms with van der Waals surface area (Å²) in [7, 11) is 0. The third-order valence-corrected chi connectivity index (χ3v) is 14.4. The zero-order valence-corrected chi connectivity index (χ0v) is 43.2. The van der Waals surface area contributed by atoms with Crippen LogP contribution in [0.25, 0.3) is 55.6 Å². The lowest BCUT2D eigenvalue weighted by molar-refractivity contribution is 0.569. The van der Waals surface area contributed by atoms with Crippen molar-refractivity contribution in [2.75, 3.05) is 4.90 Å². The van der Waals surface area contributed by atoms with Crippen LogP contribution in [0.3, 0.4) is 0 Å². The standard InChI is InChI=1S/C67H71N/c1-63(2,3)52-24-18-22-47(36-52)44-28-30-56(31-29-44)68(58-32-33-60-59-26-15-16-27-61(59)67(13,14)62(60)43-58)57-25-19-23-48(41-57)45-20-17-21-46(34-45)49-35-50(38-53(37-49)64(4,5)6)51-39-54(65(7,8)9)42-55(40-51)66(10,11)12/h15-43H,1-14H3. The van der Waals surface area contributed by atoms with Gasteiger partial charge < -0.3 is 4.90 Å². The van der Waals surface area contributed by atoms with Crippen LogP contribution in [0.2, 0.25) is 0 Å². The molecule has 0 saturated carbocycles. The number of rotatable bonds is 7. The van der Waals surface area contributed by atoms with Gasteiger partial charge >= 0.3 is 0 Å². The molecule has 8 aromatic rings. The summed E-state index contributed by atoms with van der Waals surface area (Å²) in [6, 6.07) is 66.9. The van der Waals surface area contributed by atoms with Gasteiger partial charge in [0.15, 0.2) is 0 Å². The maximum Gasteiger partial charge on any atom is 0.0467 e. The summed E-state index contributed by atoms with van der Waals surface area (Å²) in [6.07, 6.45) is 0. The fourth-order valence-corrected chi connectivity index (χ4v) is 10.0. The van der Waals surface area contributed by atoms with Crippen LogP contribution < -0.4 is 4.90 Å². The van der Waals surface area contributed by atoms with Gasteiger partial charge in [-0.05, 0) is 159 Å². The molecule has 0 unspecified atom stereocenters. The highest BCUT2D eigenvalue weighted by Gasteiger charge is 2.36. The summed E-state index contributed by atoms with van der Waals surface area (Å²) in [6.45, 7) is 32.5. The SMILES string of the molecule is CC(C)(C)c1cccc(-c2ccc(N(c3cccc(-c4cccc(-c5cc(-c6cc(C(C)(C)C)cc(C(C)(C)C)c6)cc(C(C)(C)C)c5)c4)c3)c3ccc4c(c3)C(C)(C)c3ccccc3-4)cc2)c1. The number of hydrogen-bond donors (Lipinski definition) is 0. The number of anilines is 3. The predicted molar refractivity (Wildman–Crippen MR) is 295 cm³/mol. The number of hydrogen-bond acceptors (Lipinski definition) is 1. The summed E-state index contributed by atoms with van der Waals surface area (Å²) >= 11 is 0.